The number of rotatable bonds is 8. The van der Waals surface area contributed by atoms with Gasteiger partial charge in [-0.15, -0.1) is 0 Å². The van der Waals surface area contributed by atoms with Gasteiger partial charge in [-0.2, -0.15) is 0 Å². The zero-order valence-electron chi connectivity index (χ0n) is 9.73. The fourth-order valence-corrected chi connectivity index (χ4v) is 1.83. The number of unbranched alkanes of at least 4 members (excludes halogenated alkanes) is 1. The first-order valence-corrected chi connectivity index (χ1v) is 6.59. The molecule has 0 fully saturated rings. The van der Waals surface area contributed by atoms with Crippen molar-refractivity contribution in [1.82, 2.24) is 0 Å². The molecule has 0 aliphatic carbocycles. The van der Waals surface area contributed by atoms with E-state index in [1.54, 1.807) is 7.11 Å². The molecule has 0 saturated carbocycles. The molecule has 0 rings (SSSR count). The molecule has 0 aromatic carbocycles. The maximum atomic E-state index is 10.3. The molecule has 15 heavy (non-hydrogen) atoms. The lowest BCUT2D eigenvalue weighted by atomic mass is 10.3. The highest BCUT2D eigenvalue weighted by molar-refractivity contribution is 7.85. The van der Waals surface area contributed by atoms with Gasteiger partial charge >= 0.3 is 0 Å². The van der Waals surface area contributed by atoms with E-state index in [9.17, 15) is 13.0 Å². The number of quaternary nitrogens is 1. The minimum Gasteiger partial charge on any atom is -0.748 e. The van der Waals surface area contributed by atoms with E-state index >= 15 is 0 Å². The molecule has 0 aliphatic heterocycles. The number of hydrogen-bond donors (Lipinski definition) is 0. The molecular weight excluding hydrogens is 218 g/mol. The molecule has 5 nitrogen and oxygen atoms in total. The zero-order valence-corrected chi connectivity index (χ0v) is 10.5. The number of likely N-dealkylation sites (N-methyl/N-ethyl adjacent to an activating group) is 1. The van der Waals surface area contributed by atoms with Crippen molar-refractivity contribution in [2.75, 3.05) is 46.7 Å². The van der Waals surface area contributed by atoms with Crippen molar-refractivity contribution in [2.24, 2.45) is 0 Å². The molecule has 0 bridgehead atoms. The Bertz CT molecular complexity index is 261. The fraction of sp³-hybridized carbons (Fsp3) is 1.00. The maximum absolute atomic E-state index is 10.3. The van der Waals surface area contributed by atoms with Crippen molar-refractivity contribution in [1.29, 1.82) is 0 Å². The van der Waals surface area contributed by atoms with Crippen LogP contribution in [0.2, 0.25) is 0 Å². The minimum atomic E-state index is -4.04. The van der Waals surface area contributed by atoms with Crippen LogP contribution in [-0.4, -0.2) is 64.1 Å². The van der Waals surface area contributed by atoms with Crippen LogP contribution >= 0.6 is 0 Å². The molecule has 0 aromatic heterocycles. The monoisotopic (exact) mass is 239 g/mol. The highest BCUT2D eigenvalue weighted by Crippen LogP contribution is 2.02. The van der Waals surface area contributed by atoms with Crippen molar-refractivity contribution in [3.63, 3.8) is 0 Å². The molecule has 0 aliphatic rings. The highest BCUT2D eigenvalue weighted by atomic mass is 32.2. The molecule has 0 atom stereocenters. The molecule has 0 saturated heterocycles. The molecule has 92 valence electrons. The zero-order chi connectivity index (χ0) is 11.9. The van der Waals surface area contributed by atoms with Gasteiger partial charge in [0, 0.05) is 12.9 Å². The van der Waals surface area contributed by atoms with Crippen LogP contribution in [0.25, 0.3) is 0 Å². The van der Waals surface area contributed by atoms with Crippen molar-refractivity contribution >= 4 is 10.1 Å². The standard InChI is InChI=1S/C9H21NO4S/c1-10(2,7-8-14-3)6-4-5-9-15(11,12)13/h4-9H2,1-3H3. The molecule has 0 N–H and O–H groups in total. The Labute approximate surface area is 92.4 Å². The van der Waals surface area contributed by atoms with Gasteiger partial charge in [0.05, 0.1) is 37.4 Å². The first-order chi connectivity index (χ1) is 6.77. The predicted octanol–water partition coefficient (Wildman–Crippen LogP) is 0.0346. The van der Waals surface area contributed by atoms with Crippen LogP contribution in [0.1, 0.15) is 12.8 Å². The maximum Gasteiger partial charge on any atom is 0.102 e. The van der Waals surface area contributed by atoms with E-state index < -0.39 is 10.1 Å². The summed E-state index contributed by atoms with van der Waals surface area (Å²) >= 11 is 0. The minimum absolute atomic E-state index is 0.253. The lowest BCUT2D eigenvalue weighted by molar-refractivity contribution is -0.890. The smallest absolute Gasteiger partial charge is 0.102 e. The summed E-state index contributed by atoms with van der Waals surface area (Å²) in [6.07, 6.45) is 1.19. The lowest BCUT2D eigenvalue weighted by Crippen LogP contribution is -2.43. The summed E-state index contributed by atoms with van der Waals surface area (Å²) in [7, 11) is 1.74. The summed E-state index contributed by atoms with van der Waals surface area (Å²) in [5.41, 5.74) is 0. The van der Waals surface area contributed by atoms with Crippen molar-refractivity contribution in [3.05, 3.63) is 0 Å². The van der Waals surface area contributed by atoms with Crippen molar-refractivity contribution in [2.45, 2.75) is 12.8 Å². The Morgan fingerprint density at radius 2 is 1.80 bits per heavy atom. The van der Waals surface area contributed by atoms with Crippen LogP contribution in [0.4, 0.5) is 0 Å². The van der Waals surface area contributed by atoms with Crippen LogP contribution < -0.4 is 0 Å². The van der Waals surface area contributed by atoms with Gasteiger partial charge in [-0.25, -0.2) is 8.42 Å². The van der Waals surface area contributed by atoms with Gasteiger partial charge in [0.1, 0.15) is 6.54 Å². The number of nitrogens with zero attached hydrogens (tertiary/aromatic N) is 1. The van der Waals surface area contributed by atoms with Crippen LogP contribution in [0.5, 0.6) is 0 Å². The highest BCUT2D eigenvalue weighted by Gasteiger charge is 2.13. The number of ether oxygens (including phenoxy) is 1. The Balaban J connectivity index is 3.66. The van der Waals surface area contributed by atoms with Crippen LogP contribution in [-0.2, 0) is 14.9 Å². The first kappa shape index (κ1) is 14.8. The van der Waals surface area contributed by atoms with Crippen molar-refractivity contribution in [3.8, 4) is 0 Å². The van der Waals surface area contributed by atoms with Crippen molar-refractivity contribution < 1.29 is 22.2 Å². The van der Waals surface area contributed by atoms with Crippen LogP contribution in [0.3, 0.4) is 0 Å². The summed E-state index contributed by atoms with van der Waals surface area (Å²) in [5, 5.41) is 0. The molecule has 0 unspecified atom stereocenters. The average Bonchev–Trinajstić information content (AvgIpc) is 2.08. The van der Waals surface area contributed by atoms with E-state index in [4.69, 9.17) is 4.74 Å². The van der Waals surface area contributed by atoms with E-state index in [0.717, 1.165) is 24.0 Å². The third-order valence-corrected chi connectivity index (χ3v) is 3.10. The molecule has 0 aromatic rings. The third-order valence-electron chi connectivity index (χ3n) is 2.31. The largest absolute Gasteiger partial charge is 0.748 e. The fourth-order valence-electron chi connectivity index (χ4n) is 1.27. The van der Waals surface area contributed by atoms with Gasteiger partial charge in [0.2, 0.25) is 0 Å². The Morgan fingerprint density at radius 1 is 1.20 bits per heavy atom. The molecule has 0 amide bonds. The van der Waals surface area contributed by atoms with Gasteiger partial charge in [0.15, 0.2) is 0 Å². The summed E-state index contributed by atoms with van der Waals surface area (Å²) in [6.45, 7) is 2.44. The van der Waals surface area contributed by atoms with E-state index in [1.807, 2.05) is 0 Å². The van der Waals surface area contributed by atoms with Crippen LogP contribution in [0, 0.1) is 0 Å². The number of methoxy groups -OCH3 is 1. The van der Waals surface area contributed by atoms with Gasteiger partial charge in [-0.3, -0.25) is 0 Å². The SMILES string of the molecule is COCC[N+](C)(C)CCCCS(=O)(=O)[O-]. The second-order valence-electron chi connectivity index (χ2n) is 4.34. The summed E-state index contributed by atoms with van der Waals surface area (Å²) in [4.78, 5) is 0. The molecule has 0 radical (unpaired) electrons. The Kier molecular flexibility index (Phi) is 6.35. The third kappa shape index (κ3) is 10.1. The second kappa shape index (κ2) is 6.42. The van der Waals surface area contributed by atoms with E-state index in [0.29, 0.717) is 13.0 Å². The van der Waals surface area contributed by atoms with Crippen LogP contribution in [0.15, 0.2) is 0 Å². The summed E-state index contributed by atoms with van der Waals surface area (Å²) in [5.74, 6) is -0.253. The predicted molar refractivity (Wildman–Crippen MR) is 57.5 cm³/mol. The first-order valence-electron chi connectivity index (χ1n) is 5.01. The Morgan fingerprint density at radius 3 is 2.27 bits per heavy atom. The average molecular weight is 239 g/mol. The van der Waals surface area contributed by atoms with Gasteiger partial charge in [0.25, 0.3) is 0 Å². The lowest BCUT2D eigenvalue weighted by Gasteiger charge is -2.29. The summed E-state index contributed by atoms with van der Waals surface area (Å²) in [6, 6.07) is 0. The van der Waals surface area contributed by atoms with Gasteiger partial charge in [-0.1, -0.05) is 0 Å². The second-order valence-corrected chi connectivity index (χ2v) is 5.87. The van der Waals surface area contributed by atoms with E-state index in [-0.39, 0.29) is 5.75 Å². The van der Waals surface area contributed by atoms with Gasteiger partial charge < -0.3 is 13.8 Å². The molecule has 0 heterocycles. The molecule has 0 spiro atoms. The quantitative estimate of drug-likeness (QED) is 0.340. The Hall–Kier alpha value is -0.170. The van der Waals surface area contributed by atoms with E-state index in [2.05, 4.69) is 14.1 Å². The van der Waals surface area contributed by atoms with E-state index in [1.165, 1.54) is 0 Å². The molecule has 6 heteroatoms. The summed E-state index contributed by atoms with van der Waals surface area (Å²) < 4.78 is 36.8. The molecular formula is C9H21NO4S. The van der Waals surface area contributed by atoms with Gasteiger partial charge in [-0.05, 0) is 12.8 Å². The normalized spacial score (nSPS) is 13.1. The number of hydrogen-bond acceptors (Lipinski definition) is 4. The topological polar surface area (TPSA) is 66.4 Å².